The number of hydrogen-bond donors (Lipinski definition) is 0. The predicted octanol–water partition coefficient (Wildman–Crippen LogP) is 3.79. The Morgan fingerprint density at radius 3 is 2.50 bits per heavy atom. The van der Waals surface area contributed by atoms with Gasteiger partial charge in [-0.15, -0.1) is 11.8 Å². The number of benzene rings is 1. The average molecular weight is 401 g/mol. The third-order valence-electron chi connectivity index (χ3n) is 4.67. The highest BCUT2D eigenvalue weighted by molar-refractivity contribution is 7.99. The average Bonchev–Trinajstić information content (AvgIpc) is 3.35. The number of furan rings is 1. The third kappa shape index (κ3) is 4.30. The Balaban J connectivity index is 1.62. The molecule has 0 radical (unpaired) electrons. The summed E-state index contributed by atoms with van der Waals surface area (Å²) in [6.07, 6.45) is 1.53. The number of esters is 1. The number of Topliss-reactive ketones (excluding diaryl/α,β-unsaturated/α-hetero) is 1. The standard InChI is InChI=1S/C21H23NO5S/c1-13(2)15-6-8-16(9-7-15)18(24)11-27-21(25)17-12-28-20(22(17)14(3)23)19-5-4-10-26-19/h4-10,13,17,20H,11-12H2,1-3H3/t17-,20-/m1/s1. The molecule has 0 N–H and O–H groups in total. The van der Waals surface area contributed by atoms with E-state index in [1.54, 1.807) is 24.3 Å². The molecule has 1 amide bonds. The lowest BCUT2D eigenvalue weighted by Crippen LogP contribution is -2.43. The van der Waals surface area contributed by atoms with E-state index in [0.717, 1.165) is 5.56 Å². The Morgan fingerprint density at radius 2 is 1.93 bits per heavy atom. The molecule has 2 aromatic rings. The van der Waals surface area contributed by atoms with Gasteiger partial charge in [-0.05, 0) is 23.6 Å². The van der Waals surface area contributed by atoms with Gasteiger partial charge in [0.25, 0.3) is 0 Å². The van der Waals surface area contributed by atoms with Gasteiger partial charge in [-0.3, -0.25) is 9.59 Å². The summed E-state index contributed by atoms with van der Waals surface area (Å²) >= 11 is 1.43. The summed E-state index contributed by atoms with van der Waals surface area (Å²) in [6, 6.07) is 10.1. The van der Waals surface area contributed by atoms with Crippen LogP contribution in [0.4, 0.5) is 0 Å². The number of carbonyl (C=O) groups excluding carboxylic acids is 3. The number of rotatable bonds is 6. The SMILES string of the molecule is CC(=O)N1[C@@H](C(=O)OCC(=O)c2ccc(C(C)C)cc2)CS[C@@H]1c1ccco1. The lowest BCUT2D eigenvalue weighted by molar-refractivity contribution is -0.152. The van der Waals surface area contributed by atoms with Crippen LogP contribution in [0.3, 0.4) is 0 Å². The number of ether oxygens (including phenoxy) is 1. The molecule has 3 rings (SSSR count). The van der Waals surface area contributed by atoms with E-state index in [1.807, 2.05) is 12.1 Å². The molecule has 0 spiro atoms. The minimum atomic E-state index is -0.742. The minimum absolute atomic E-state index is 0.246. The molecule has 0 unspecified atom stereocenters. The molecule has 0 aliphatic carbocycles. The second-order valence-electron chi connectivity index (χ2n) is 6.95. The van der Waals surface area contributed by atoms with Crippen molar-refractivity contribution in [1.29, 1.82) is 0 Å². The summed E-state index contributed by atoms with van der Waals surface area (Å²) in [5.74, 6) is 0.276. The monoisotopic (exact) mass is 401 g/mol. The summed E-state index contributed by atoms with van der Waals surface area (Å²) in [6.45, 7) is 5.21. The van der Waals surface area contributed by atoms with Crippen molar-refractivity contribution in [3.8, 4) is 0 Å². The van der Waals surface area contributed by atoms with Crippen molar-refractivity contribution < 1.29 is 23.5 Å². The molecular formula is C21H23NO5S. The van der Waals surface area contributed by atoms with Crippen molar-refractivity contribution in [3.63, 3.8) is 0 Å². The first-order chi connectivity index (χ1) is 13.4. The molecule has 1 aliphatic rings. The number of thioether (sulfide) groups is 1. The first-order valence-electron chi connectivity index (χ1n) is 9.12. The van der Waals surface area contributed by atoms with E-state index in [2.05, 4.69) is 13.8 Å². The van der Waals surface area contributed by atoms with Crippen molar-refractivity contribution in [2.45, 2.75) is 38.1 Å². The molecule has 1 aromatic heterocycles. The van der Waals surface area contributed by atoms with E-state index in [-0.39, 0.29) is 23.7 Å². The van der Waals surface area contributed by atoms with Crippen molar-refractivity contribution in [1.82, 2.24) is 4.90 Å². The van der Waals surface area contributed by atoms with Crippen LogP contribution in [0.25, 0.3) is 0 Å². The molecule has 1 aromatic carbocycles. The Bertz CT molecular complexity index is 844. The molecule has 6 nitrogen and oxygen atoms in total. The van der Waals surface area contributed by atoms with Crippen LogP contribution in [-0.4, -0.2) is 41.0 Å². The van der Waals surface area contributed by atoms with E-state index in [1.165, 1.54) is 29.8 Å². The zero-order valence-electron chi connectivity index (χ0n) is 16.1. The van der Waals surface area contributed by atoms with Crippen molar-refractivity contribution in [3.05, 3.63) is 59.5 Å². The quantitative estimate of drug-likeness (QED) is 0.541. The summed E-state index contributed by atoms with van der Waals surface area (Å²) in [5.41, 5.74) is 1.63. The van der Waals surface area contributed by atoms with Crippen LogP contribution in [-0.2, 0) is 14.3 Å². The molecule has 28 heavy (non-hydrogen) atoms. The van der Waals surface area contributed by atoms with Crippen LogP contribution in [0.2, 0.25) is 0 Å². The normalized spacial score (nSPS) is 19.1. The molecule has 1 fully saturated rings. The lowest BCUT2D eigenvalue weighted by Gasteiger charge is -2.25. The molecular weight excluding hydrogens is 378 g/mol. The van der Waals surface area contributed by atoms with Crippen molar-refractivity contribution in [2.24, 2.45) is 0 Å². The van der Waals surface area contributed by atoms with Gasteiger partial charge >= 0.3 is 5.97 Å². The van der Waals surface area contributed by atoms with E-state index in [0.29, 0.717) is 23.0 Å². The summed E-state index contributed by atoms with van der Waals surface area (Å²) in [5, 5.41) is -0.371. The van der Waals surface area contributed by atoms with E-state index in [9.17, 15) is 14.4 Å². The second-order valence-corrected chi connectivity index (χ2v) is 8.06. The van der Waals surface area contributed by atoms with Gasteiger partial charge in [-0.25, -0.2) is 4.79 Å². The van der Waals surface area contributed by atoms with E-state index < -0.39 is 12.0 Å². The number of carbonyl (C=O) groups is 3. The Hall–Kier alpha value is -2.54. The first-order valence-corrected chi connectivity index (χ1v) is 10.2. The van der Waals surface area contributed by atoms with Gasteiger partial charge < -0.3 is 14.1 Å². The molecule has 2 atom stereocenters. The number of ketones is 1. The van der Waals surface area contributed by atoms with Gasteiger partial charge in [0.05, 0.1) is 6.26 Å². The lowest BCUT2D eigenvalue weighted by atomic mass is 10.0. The zero-order chi connectivity index (χ0) is 20.3. The Labute approximate surface area is 168 Å². The van der Waals surface area contributed by atoms with Crippen LogP contribution in [0.15, 0.2) is 47.1 Å². The van der Waals surface area contributed by atoms with Crippen LogP contribution in [0.5, 0.6) is 0 Å². The fourth-order valence-corrected chi connectivity index (χ4v) is 4.51. The van der Waals surface area contributed by atoms with Gasteiger partial charge in [-0.1, -0.05) is 38.1 Å². The highest BCUT2D eigenvalue weighted by atomic mass is 32.2. The molecule has 0 saturated carbocycles. The number of hydrogen-bond acceptors (Lipinski definition) is 6. The fraction of sp³-hybridized carbons (Fsp3) is 0.381. The molecule has 1 aliphatic heterocycles. The maximum absolute atomic E-state index is 12.5. The minimum Gasteiger partial charge on any atom is -0.466 e. The van der Waals surface area contributed by atoms with Crippen LogP contribution >= 0.6 is 11.8 Å². The van der Waals surface area contributed by atoms with Crippen LogP contribution in [0.1, 0.15) is 53.7 Å². The van der Waals surface area contributed by atoms with Gasteiger partial charge in [-0.2, -0.15) is 0 Å². The molecule has 2 heterocycles. The zero-order valence-corrected chi connectivity index (χ0v) is 16.9. The predicted molar refractivity (Wildman–Crippen MR) is 106 cm³/mol. The van der Waals surface area contributed by atoms with Gasteiger partial charge in [0.2, 0.25) is 5.91 Å². The topological polar surface area (TPSA) is 76.8 Å². The van der Waals surface area contributed by atoms with Gasteiger partial charge in [0.15, 0.2) is 12.4 Å². The third-order valence-corrected chi connectivity index (χ3v) is 5.95. The van der Waals surface area contributed by atoms with E-state index in [4.69, 9.17) is 9.15 Å². The summed E-state index contributed by atoms with van der Waals surface area (Å²) < 4.78 is 10.6. The van der Waals surface area contributed by atoms with Crippen LogP contribution < -0.4 is 0 Å². The van der Waals surface area contributed by atoms with Gasteiger partial charge in [0.1, 0.15) is 17.2 Å². The summed E-state index contributed by atoms with van der Waals surface area (Å²) in [4.78, 5) is 38.4. The smallest absolute Gasteiger partial charge is 0.330 e. The largest absolute Gasteiger partial charge is 0.466 e. The highest BCUT2D eigenvalue weighted by Crippen LogP contribution is 2.41. The second kappa shape index (κ2) is 8.65. The number of nitrogens with zero attached hydrogens (tertiary/aromatic N) is 1. The molecule has 148 valence electrons. The van der Waals surface area contributed by atoms with E-state index >= 15 is 0 Å². The van der Waals surface area contributed by atoms with Crippen molar-refractivity contribution in [2.75, 3.05) is 12.4 Å². The Kier molecular flexibility index (Phi) is 6.24. The van der Waals surface area contributed by atoms with Crippen LogP contribution in [0, 0.1) is 0 Å². The molecule has 0 bridgehead atoms. The maximum Gasteiger partial charge on any atom is 0.330 e. The number of amides is 1. The highest BCUT2D eigenvalue weighted by Gasteiger charge is 2.43. The maximum atomic E-state index is 12.5. The summed E-state index contributed by atoms with van der Waals surface area (Å²) in [7, 11) is 0. The fourth-order valence-electron chi connectivity index (χ4n) is 3.09. The molecule has 7 heteroatoms. The molecule has 1 saturated heterocycles. The Morgan fingerprint density at radius 1 is 1.21 bits per heavy atom. The first kappa shape index (κ1) is 20.2. The van der Waals surface area contributed by atoms with Crippen molar-refractivity contribution >= 4 is 29.4 Å². The van der Waals surface area contributed by atoms with Gasteiger partial charge in [0, 0.05) is 18.2 Å².